The van der Waals surface area contributed by atoms with E-state index in [1.165, 1.54) is 19.3 Å². The van der Waals surface area contributed by atoms with E-state index in [1.807, 2.05) is 6.92 Å². The van der Waals surface area contributed by atoms with Gasteiger partial charge in [-0.3, -0.25) is 9.69 Å². The molecular formula is C12H24N2O. The summed E-state index contributed by atoms with van der Waals surface area (Å²) in [4.78, 5) is 14.1. The van der Waals surface area contributed by atoms with Crippen LogP contribution in [0.3, 0.4) is 0 Å². The number of nitrogens with zero attached hydrogens (tertiary/aromatic N) is 1. The van der Waals surface area contributed by atoms with Crippen LogP contribution in [0.15, 0.2) is 0 Å². The molecule has 0 aromatic heterocycles. The SMILES string of the molecule is CC(C)CNC(=O)[C@@H](C)N1CCCCC1. The van der Waals surface area contributed by atoms with Gasteiger partial charge in [-0.15, -0.1) is 0 Å². The molecule has 1 rings (SSSR count). The predicted octanol–water partition coefficient (Wildman–Crippen LogP) is 1.63. The monoisotopic (exact) mass is 212 g/mol. The first-order chi connectivity index (χ1) is 7.11. The van der Waals surface area contributed by atoms with Gasteiger partial charge in [0.25, 0.3) is 0 Å². The molecule has 0 aromatic rings. The van der Waals surface area contributed by atoms with Gasteiger partial charge in [-0.25, -0.2) is 0 Å². The number of amides is 1. The molecule has 3 heteroatoms. The molecule has 0 saturated carbocycles. The van der Waals surface area contributed by atoms with Crippen molar-refractivity contribution in [2.75, 3.05) is 19.6 Å². The third-order valence-electron chi connectivity index (χ3n) is 3.00. The van der Waals surface area contributed by atoms with Gasteiger partial charge in [0.05, 0.1) is 6.04 Å². The van der Waals surface area contributed by atoms with Crippen molar-refractivity contribution in [3.05, 3.63) is 0 Å². The van der Waals surface area contributed by atoms with Crippen LogP contribution in [0, 0.1) is 5.92 Å². The van der Waals surface area contributed by atoms with Crippen LogP contribution >= 0.6 is 0 Å². The van der Waals surface area contributed by atoms with Gasteiger partial charge in [-0.05, 0) is 38.8 Å². The summed E-state index contributed by atoms with van der Waals surface area (Å²) in [5, 5.41) is 3.00. The van der Waals surface area contributed by atoms with Gasteiger partial charge in [0.2, 0.25) is 5.91 Å². The van der Waals surface area contributed by atoms with E-state index < -0.39 is 0 Å². The van der Waals surface area contributed by atoms with Crippen LogP contribution in [0.4, 0.5) is 0 Å². The van der Waals surface area contributed by atoms with E-state index >= 15 is 0 Å². The van der Waals surface area contributed by atoms with Crippen molar-refractivity contribution in [3.63, 3.8) is 0 Å². The zero-order chi connectivity index (χ0) is 11.3. The van der Waals surface area contributed by atoms with E-state index in [0.29, 0.717) is 5.92 Å². The highest BCUT2D eigenvalue weighted by molar-refractivity contribution is 5.81. The highest BCUT2D eigenvalue weighted by atomic mass is 16.2. The van der Waals surface area contributed by atoms with E-state index in [0.717, 1.165) is 19.6 Å². The maximum absolute atomic E-state index is 11.8. The minimum atomic E-state index is 0.0454. The Morgan fingerprint density at radius 3 is 2.33 bits per heavy atom. The smallest absolute Gasteiger partial charge is 0.237 e. The van der Waals surface area contributed by atoms with Crippen LogP contribution in [0.1, 0.15) is 40.0 Å². The summed E-state index contributed by atoms with van der Waals surface area (Å²) >= 11 is 0. The maximum Gasteiger partial charge on any atom is 0.237 e. The third-order valence-corrected chi connectivity index (χ3v) is 3.00. The fraction of sp³-hybridized carbons (Fsp3) is 0.917. The number of likely N-dealkylation sites (tertiary alicyclic amines) is 1. The molecule has 1 fully saturated rings. The number of carbonyl (C=O) groups excluding carboxylic acids is 1. The van der Waals surface area contributed by atoms with Gasteiger partial charge in [0.1, 0.15) is 0 Å². The van der Waals surface area contributed by atoms with Gasteiger partial charge in [0.15, 0.2) is 0 Å². The van der Waals surface area contributed by atoms with Gasteiger partial charge >= 0.3 is 0 Å². The lowest BCUT2D eigenvalue weighted by Crippen LogP contribution is -2.47. The van der Waals surface area contributed by atoms with Crippen molar-refractivity contribution in [1.29, 1.82) is 0 Å². The van der Waals surface area contributed by atoms with Crippen LogP contribution in [0.25, 0.3) is 0 Å². The number of nitrogens with one attached hydrogen (secondary N) is 1. The Hall–Kier alpha value is -0.570. The summed E-state index contributed by atoms with van der Waals surface area (Å²) in [7, 11) is 0. The van der Waals surface area contributed by atoms with E-state index in [2.05, 4.69) is 24.1 Å². The van der Waals surface area contributed by atoms with Gasteiger partial charge in [-0.1, -0.05) is 20.3 Å². The third kappa shape index (κ3) is 4.20. The number of rotatable bonds is 4. The zero-order valence-corrected chi connectivity index (χ0v) is 10.3. The number of carbonyl (C=O) groups is 1. The molecule has 0 aliphatic carbocycles. The van der Waals surface area contributed by atoms with Crippen LogP contribution in [0.2, 0.25) is 0 Å². The maximum atomic E-state index is 11.8. The highest BCUT2D eigenvalue weighted by Crippen LogP contribution is 2.11. The minimum absolute atomic E-state index is 0.0454. The molecule has 1 aliphatic rings. The predicted molar refractivity (Wildman–Crippen MR) is 62.7 cm³/mol. The Balaban J connectivity index is 2.30. The van der Waals surface area contributed by atoms with Crippen LogP contribution in [-0.2, 0) is 4.79 Å². The van der Waals surface area contributed by atoms with Crippen molar-refractivity contribution < 1.29 is 4.79 Å². The molecule has 0 aromatic carbocycles. The molecule has 0 bridgehead atoms. The summed E-state index contributed by atoms with van der Waals surface area (Å²) in [5.74, 6) is 0.716. The fourth-order valence-corrected chi connectivity index (χ4v) is 1.92. The molecule has 1 heterocycles. The van der Waals surface area contributed by atoms with Crippen LogP contribution < -0.4 is 5.32 Å². The average molecular weight is 212 g/mol. The van der Waals surface area contributed by atoms with Gasteiger partial charge in [-0.2, -0.15) is 0 Å². The Bertz CT molecular complexity index is 198. The summed E-state index contributed by atoms with van der Waals surface area (Å²) < 4.78 is 0. The number of hydrogen-bond donors (Lipinski definition) is 1. The van der Waals surface area contributed by atoms with Gasteiger partial charge < -0.3 is 5.32 Å². The lowest BCUT2D eigenvalue weighted by atomic mass is 10.1. The summed E-state index contributed by atoms with van der Waals surface area (Å²) in [6, 6.07) is 0.0454. The zero-order valence-electron chi connectivity index (χ0n) is 10.3. The molecule has 1 N–H and O–H groups in total. The van der Waals surface area contributed by atoms with Crippen molar-refractivity contribution >= 4 is 5.91 Å². The Labute approximate surface area is 93.2 Å². The standard InChI is InChI=1S/C12H24N2O/c1-10(2)9-13-12(15)11(3)14-7-5-4-6-8-14/h10-11H,4-9H2,1-3H3,(H,13,15)/t11-/m1/s1. The molecule has 0 unspecified atom stereocenters. The molecule has 0 radical (unpaired) electrons. The van der Waals surface area contributed by atoms with Gasteiger partial charge in [0, 0.05) is 6.54 Å². The molecule has 15 heavy (non-hydrogen) atoms. The lowest BCUT2D eigenvalue weighted by Gasteiger charge is -2.31. The van der Waals surface area contributed by atoms with E-state index in [1.54, 1.807) is 0 Å². The average Bonchev–Trinajstić information content (AvgIpc) is 2.26. The van der Waals surface area contributed by atoms with E-state index in [-0.39, 0.29) is 11.9 Å². The Kier molecular flexibility index (Phi) is 5.09. The van der Waals surface area contributed by atoms with Crippen molar-refractivity contribution in [2.45, 2.75) is 46.1 Å². The number of piperidine rings is 1. The normalized spacial score (nSPS) is 20.3. The Morgan fingerprint density at radius 2 is 1.80 bits per heavy atom. The lowest BCUT2D eigenvalue weighted by molar-refractivity contribution is -0.126. The molecule has 1 aliphatic heterocycles. The quantitative estimate of drug-likeness (QED) is 0.768. The first kappa shape index (κ1) is 12.5. The second kappa shape index (κ2) is 6.11. The van der Waals surface area contributed by atoms with E-state index in [4.69, 9.17) is 0 Å². The molecular weight excluding hydrogens is 188 g/mol. The van der Waals surface area contributed by atoms with Crippen molar-refractivity contribution in [2.24, 2.45) is 5.92 Å². The number of hydrogen-bond acceptors (Lipinski definition) is 2. The first-order valence-corrected chi connectivity index (χ1v) is 6.13. The first-order valence-electron chi connectivity index (χ1n) is 6.13. The molecule has 88 valence electrons. The molecule has 1 saturated heterocycles. The fourth-order valence-electron chi connectivity index (χ4n) is 1.92. The highest BCUT2D eigenvalue weighted by Gasteiger charge is 2.22. The topological polar surface area (TPSA) is 32.3 Å². The second-order valence-electron chi connectivity index (χ2n) is 4.91. The molecule has 1 atom stereocenters. The van der Waals surface area contributed by atoms with E-state index in [9.17, 15) is 4.79 Å². The second-order valence-corrected chi connectivity index (χ2v) is 4.91. The summed E-state index contributed by atoms with van der Waals surface area (Å²) in [6.45, 7) is 9.20. The Morgan fingerprint density at radius 1 is 1.20 bits per heavy atom. The van der Waals surface area contributed by atoms with Crippen LogP contribution in [-0.4, -0.2) is 36.5 Å². The molecule has 0 spiro atoms. The van der Waals surface area contributed by atoms with Crippen molar-refractivity contribution in [3.8, 4) is 0 Å². The summed E-state index contributed by atoms with van der Waals surface area (Å²) in [6.07, 6.45) is 3.79. The minimum Gasteiger partial charge on any atom is -0.354 e. The summed E-state index contributed by atoms with van der Waals surface area (Å²) in [5.41, 5.74) is 0. The molecule has 3 nitrogen and oxygen atoms in total. The molecule has 1 amide bonds. The van der Waals surface area contributed by atoms with Crippen molar-refractivity contribution in [1.82, 2.24) is 10.2 Å². The van der Waals surface area contributed by atoms with Crippen LogP contribution in [0.5, 0.6) is 0 Å². The largest absolute Gasteiger partial charge is 0.354 e.